The quantitative estimate of drug-likeness (QED) is 0.843. The fraction of sp³-hybridized carbons (Fsp3) is 1.00. The van der Waals surface area contributed by atoms with Gasteiger partial charge in [0.15, 0.2) is 0 Å². The van der Waals surface area contributed by atoms with Gasteiger partial charge < -0.3 is 15.1 Å². The summed E-state index contributed by atoms with van der Waals surface area (Å²) in [4.78, 5) is 7.99. The summed E-state index contributed by atoms with van der Waals surface area (Å²) < 4.78 is 0. The maximum atomic E-state index is 3.53. The molecule has 0 amide bonds. The highest BCUT2D eigenvalue weighted by Gasteiger charge is 2.32. The van der Waals surface area contributed by atoms with Crippen LogP contribution in [-0.4, -0.2) is 86.7 Å². The molecule has 0 aliphatic carbocycles. The number of nitrogens with zero attached hydrogens (tertiary/aromatic N) is 3. The number of likely N-dealkylation sites (N-methyl/N-ethyl adjacent to an activating group) is 1. The van der Waals surface area contributed by atoms with Gasteiger partial charge in [0.25, 0.3) is 0 Å². The first-order chi connectivity index (χ1) is 10.1. The molecule has 5 heteroatoms. The van der Waals surface area contributed by atoms with Crippen LogP contribution in [-0.2, 0) is 0 Å². The second-order valence-electron chi connectivity index (χ2n) is 7.94. The molecule has 0 aromatic carbocycles. The first kappa shape index (κ1) is 18.5. The van der Waals surface area contributed by atoms with E-state index in [-0.39, 0.29) is 12.4 Å². The highest BCUT2D eigenvalue weighted by atomic mass is 35.5. The standard InChI is InChI=1S/C17H34N4.ClH/c1-17(6-7-18-14-17)15-21-11-9-20(10-12-21)13-16-5-3-4-8-19(16)2;/h16,18H,3-15H2,1-2H3;1H. The number of piperazine rings is 1. The Morgan fingerprint density at radius 3 is 2.41 bits per heavy atom. The first-order valence-corrected chi connectivity index (χ1v) is 9.00. The summed E-state index contributed by atoms with van der Waals surface area (Å²) in [6.45, 7) is 13.8. The SMILES string of the molecule is CN1CCCCC1CN1CCN(CC2(C)CCNC2)CC1.Cl. The third-order valence-electron chi connectivity index (χ3n) is 5.92. The molecular formula is C17H35ClN4. The summed E-state index contributed by atoms with van der Waals surface area (Å²) in [6.07, 6.45) is 5.58. The molecule has 0 bridgehead atoms. The number of hydrogen-bond acceptors (Lipinski definition) is 4. The third-order valence-corrected chi connectivity index (χ3v) is 5.92. The van der Waals surface area contributed by atoms with E-state index in [0.29, 0.717) is 5.41 Å². The van der Waals surface area contributed by atoms with Crippen LogP contribution in [0.1, 0.15) is 32.6 Å². The first-order valence-electron chi connectivity index (χ1n) is 9.00. The van der Waals surface area contributed by atoms with Gasteiger partial charge in [0.05, 0.1) is 0 Å². The van der Waals surface area contributed by atoms with Crippen LogP contribution in [0.3, 0.4) is 0 Å². The molecule has 3 heterocycles. The minimum Gasteiger partial charge on any atom is -0.316 e. The average molecular weight is 331 g/mol. The Morgan fingerprint density at radius 2 is 1.77 bits per heavy atom. The van der Waals surface area contributed by atoms with E-state index in [9.17, 15) is 0 Å². The molecule has 3 aliphatic rings. The number of hydrogen-bond donors (Lipinski definition) is 1. The van der Waals surface area contributed by atoms with Crippen molar-refractivity contribution in [2.24, 2.45) is 5.41 Å². The maximum absolute atomic E-state index is 3.53. The number of rotatable bonds is 4. The predicted octanol–water partition coefficient (Wildman–Crippen LogP) is 1.51. The van der Waals surface area contributed by atoms with Crippen molar-refractivity contribution in [2.75, 3.05) is 66.0 Å². The Balaban J connectivity index is 0.00000176. The summed E-state index contributed by atoms with van der Waals surface area (Å²) >= 11 is 0. The Hall–Kier alpha value is 0.130. The fourth-order valence-electron chi connectivity index (χ4n) is 4.35. The molecular weight excluding hydrogens is 296 g/mol. The van der Waals surface area contributed by atoms with Crippen LogP contribution in [0.4, 0.5) is 0 Å². The lowest BCUT2D eigenvalue weighted by Gasteiger charge is -2.41. The van der Waals surface area contributed by atoms with Crippen LogP contribution in [0.25, 0.3) is 0 Å². The molecule has 3 saturated heterocycles. The van der Waals surface area contributed by atoms with Crippen molar-refractivity contribution in [3.8, 4) is 0 Å². The Labute approximate surface area is 143 Å². The lowest BCUT2D eigenvalue weighted by molar-refractivity contribution is 0.0678. The van der Waals surface area contributed by atoms with E-state index < -0.39 is 0 Å². The monoisotopic (exact) mass is 330 g/mol. The van der Waals surface area contributed by atoms with Crippen molar-refractivity contribution >= 4 is 12.4 Å². The van der Waals surface area contributed by atoms with Gasteiger partial charge in [-0.15, -0.1) is 12.4 Å². The van der Waals surface area contributed by atoms with Gasteiger partial charge in [0.1, 0.15) is 0 Å². The molecule has 3 fully saturated rings. The topological polar surface area (TPSA) is 21.8 Å². The molecule has 0 aromatic rings. The summed E-state index contributed by atoms with van der Waals surface area (Å²) in [5, 5.41) is 3.53. The van der Waals surface area contributed by atoms with Gasteiger partial charge in [-0.25, -0.2) is 0 Å². The zero-order chi connectivity index (χ0) is 14.7. The van der Waals surface area contributed by atoms with E-state index in [2.05, 4.69) is 34.0 Å². The van der Waals surface area contributed by atoms with Crippen molar-refractivity contribution in [1.82, 2.24) is 20.0 Å². The minimum atomic E-state index is 0. The lowest BCUT2D eigenvalue weighted by atomic mass is 9.89. The molecule has 3 aliphatic heterocycles. The second kappa shape index (κ2) is 8.29. The smallest absolute Gasteiger partial charge is 0.0220 e. The molecule has 130 valence electrons. The molecule has 3 rings (SSSR count). The molecule has 4 nitrogen and oxygen atoms in total. The molecule has 2 atom stereocenters. The van der Waals surface area contributed by atoms with Gasteiger partial charge in [-0.3, -0.25) is 4.90 Å². The highest BCUT2D eigenvalue weighted by Crippen LogP contribution is 2.26. The Kier molecular flexibility index (Phi) is 6.96. The molecule has 22 heavy (non-hydrogen) atoms. The van der Waals surface area contributed by atoms with Gasteiger partial charge in [-0.05, 0) is 44.8 Å². The van der Waals surface area contributed by atoms with Gasteiger partial charge in [0, 0.05) is 51.9 Å². The maximum Gasteiger partial charge on any atom is 0.0220 e. The van der Waals surface area contributed by atoms with Crippen LogP contribution in [0.15, 0.2) is 0 Å². The third kappa shape index (κ3) is 4.81. The van der Waals surface area contributed by atoms with E-state index in [1.807, 2.05) is 0 Å². The fourth-order valence-corrected chi connectivity index (χ4v) is 4.35. The van der Waals surface area contributed by atoms with Crippen molar-refractivity contribution < 1.29 is 0 Å². The number of likely N-dealkylation sites (tertiary alicyclic amines) is 1. The van der Waals surface area contributed by atoms with Gasteiger partial charge in [-0.1, -0.05) is 13.3 Å². The zero-order valence-corrected chi connectivity index (χ0v) is 15.3. The van der Waals surface area contributed by atoms with E-state index in [1.165, 1.54) is 84.6 Å². The van der Waals surface area contributed by atoms with Crippen LogP contribution in [0.5, 0.6) is 0 Å². The average Bonchev–Trinajstić information content (AvgIpc) is 2.90. The normalized spacial score (nSPS) is 35.5. The molecule has 0 radical (unpaired) electrons. The number of piperidine rings is 1. The Bertz CT molecular complexity index is 325. The largest absolute Gasteiger partial charge is 0.316 e. The van der Waals surface area contributed by atoms with E-state index in [1.54, 1.807) is 0 Å². The van der Waals surface area contributed by atoms with E-state index in [4.69, 9.17) is 0 Å². The zero-order valence-electron chi connectivity index (χ0n) is 14.5. The van der Waals surface area contributed by atoms with Crippen LogP contribution in [0, 0.1) is 5.41 Å². The van der Waals surface area contributed by atoms with E-state index >= 15 is 0 Å². The summed E-state index contributed by atoms with van der Waals surface area (Å²) in [6, 6.07) is 0.807. The predicted molar refractivity (Wildman–Crippen MR) is 96.0 cm³/mol. The minimum absolute atomic E-state index is 0. The lowest BCUT2D eigenvalue weighted by Crippen LogP contribution is -2.53. The van der Waals surface area contributed by atoms with Crippen molar-refractivity contribution in [2.45, 2.75) is 38.6 Å². The van der Waals surface area contributed by atoms with Gasteiger partial charge in [0.2, 0.25) is 0 Å². The molecule has 2 unspecified atom stereocenters. The van der Waals surface area contributed by atoms with Gasteiger partial charge >= 0.3 is 0 Å². The molecule has 0 spiro atoms. The van der Waals surface area contributed by atoms with Crippen molar-refractivity contribution in [1.29, 1.82) is 0 Å². The van der Waals surface area contributed by atoms with Crippen molar-refractivity contribution in [3.63, 3.8) is 0 Å². The van der Waals surface area contributed by atoms with Gasteiger partial charge in [-0.2, -0.15) is 0 Å². The van der Waals surface area contributed by atoms with Crippen LogP contribution >= 0.6 is 12.4 Å². The molecule has 0 aromatic heterocycles. The highest BCUT2D eigenvalue weighted by molar-refractivity contribution is 5.85. The summed E-state index contributed by atoms with van der Waals surface area (Å²) in [7, 11) is 2.31. The van der Waals surface area contributed by atoms with Crippen LogP contribution in [0.2, 0.25) is 0 Å². The van der Waals surface area contributed by atoms with E-state index in [0.717, 1.165) is 6.04 Å². The number of halogens is 1. The number of nitrogens with one attached hydrogen (secondary N) is 1. The molecule has 1 N–H and O–H groups in total. The second-order valence-corrected chi connectivity index (χ2v) is 7.94. The summed E-state index contributed by atoms with van der Waals surface area (Å²) in [5.74, 6) is 0. The van der Waals surface area contributed by atoms with Crippen molar-refractivity contribution in [3.05, 3.63) is 0 Å². The molecule has 0 saturated carbocycles. The summed E-state index contributed by atoms with van der Waals surface area (Å²) in [5.41, 5.74) is 0.520. The van der Waals surface area contributed by atoms with Crippen LogP contribution < -0.4 is 5.32 Å². The Morgan fingerprint density at radius 1 is 1.05 bits per heavy atom.